The summed E-state index contributed by atoms with van der Waals surface area (Å²) in [5.41, 5.74) is 2.10. The highest BCUT2D eigenvalue weighted by Crippen LogP contribution is 2.29. The van der Waals surface area contributed by atoms with Gasteiger partial charge in [-0.2, -0.15) is 0 Å². The summed E-state index contributed by atoms with van der Waals surface area (Å²) in [6.45, 7) is 10.7. The molecule has 4 heterocycles. The summed E-state index contributed by atoms with van der Waals surface area (Å²) in [6, 6.07) is 14.7. The average Bonchev–Trinajstić information content (AvgIpc) is 3.45. The van der Waals surface area contributed by atoms with Crippen LogP contribution in [0, 0.1) is 5.92 Å². The predicted octanol–water partition coefficient (Wildman–Crippen LogP) is 7.89. The van der Waals surface area contributed by atoms with Crippen molar-refractivity contribution in [1.82, 2.24) is 24.3 Å². The van der Waals surface area contributed by atoms with Gasteiger partial charge in [-0.3, -0.25) is 0 Å². The standard InChI is InChI=1S/C38H56ClN5O2/c1-41-26-18-31(19-27-41)10-8-25-44-35-12-7-13-36(38(35)40-37(44)30-46-34-16-14-32(39)15-17-34)45-29-9-24-43-23-6-3-11-33(43)20-28-42-21-4-2-5-22-42/h7,12-17,31,33H,2-6,8-11,18-30H2,1H3. The molecule has 2 aromatic carbocycles. The van der Waals surface area contributed by atoms with Gasteiger partial charge < -0.3 is 28.7 Å². The summed E-state index contributed by atoms with van der Waals surface area (Å²) in [7, 11) is 2.24. The van der Waals surface area contributed by atoms with Gasteiger partial charge in [-0.15, -0.1) is 0 Å². The van der Waals surface area contributed by atoms with Gasteiger partial charge in [0.25, 0.3) is 0 Å². The fourth-order valence-electron chi connectivity index (χ4n) is 7.86. The first-order valence-electron chi connectivity index (χ1n) is 18.3. The Morgan fingerprint density at radius 1 is 0.783 bits per heavy atom. The van der Waals surface area contributed by atoms with Crippen LogP contribution < -0.4 is 9.47 Å². The monoisotopic (exact) mass is 649 g/mol. The SMILES string of the molecule is CN1CCC(CCCn2c(COc3ccc(Cl)cc3)nc3c(OCCCN4CCCCC4CCN4CCCCC4)cccc32)CC1. The Kier molecular flexibility index (Phi) is 12.5. The molecule has 252 valence electrons. The lowest BCUT2D eigenvalue weighted by atomic mass is 9.92. The highest BCUT2D eigenvalue weighted by atomic mass is 35.5. The molecule has 3 aliphatic rings. The largest absolute Gasteiger partial charge is 0.491 e. The van der Waals surface area contributed by atoms with Gasteiger partial charge in [0.05, 0.1) is 12.1 Å². The molecule has 3 fully saturated rings. The van der Waals surface area contributed by atoms with E-state index in [1.807, 2.05) is 24.3 Å². The fourth-order valence-corrected chi connectivity index (χ4v) is 7.98. The third-order valence-corrected chi connectivity index (χ3v) is 10.9. The van der Waals surface area contributed by atoms with E-state index in [0.717, 1.165) is 66.2 Å². The van der Waals surface area contributed by atoms with E-state index < -0.39 is 0 Å². The molecule has 1 atom stereocenters. The molecule has 0 bridgehead atoms. The average molecular weight is 650 g/mol. The van der Waals surface area contributed by atoms with Crippen molar-refractivity contribution in [3.63, 3.8) is 0 Å². The molecule has 0 spiro atoms. The second-order valence-electron chi connectivity index (χ2n) is 14.0. The van der Waals surface area contributed by atoms with E-state index in [2.05, 4.69) is 44.5 Å². The molecule has 0 radical (unpaired) electrons. The van der Waals surface area contributed by atoms with Gasteiger partial charge in [0.1, 0.15) is 29.4 Å². The van der Waals surface area contributed by atoms with E-state index in [9.17, 15) is 0 Å². The van der Waals surface area contributed by atoms with Crippen LogP contribution in [0.15, 0.2) is 42.5 Å². The minimum absolute atomic E-state index is 0.414. The molecule has 0 aliphatic carbocycles. The lowest BCUT2D eigenvalue weighted by Crippen LogP contribution is -2.43. The zero-order valence-corrected chi connectivity index (χ0v) is 28.9. The maximum Gasteiger partial charge on any atom is 0.148 e. The second-order valence-corrected chi connectivity index (χ2v) is 14.5. The quantitative estimate of drug-likeness (QED) is 0.156. The maximum atomic E-state index is 6.48. The smallest absolute Gasteiger partial charge is 0.148 e. The number of aromatic nitrogens is 2. The van der Waals surface area contributed by atoms with Crippen molar-refractivity contribution in [2.24, 2.45) is 5.92 Å². The number of imidazole rings is 1. The van der Waals surface area contributed by atoms with Crippen LogP contribution in [0.4, 0.5) is 0 Å². The number of hydrogen-bond donors (Lipinski definition) is 0. The third kappa shape index (κ3) is 9.40. The van der Waals surface area contributed by atoms with Crippen molar-refractivity contribution in [1.29, 1.82) is 0 Å². The van der Waals surface area contributed by atoms with Crippen LogP contribution in [-0.4, -0.2) is 89.8 Å². The zero-order valence-electron chi connectivity index (χ0n) is 28.2. The number of halogens is 1. The molecule has 46 heavy (non-hydrogen) atoms. The van der Waals surface area contributed by atoms with E-state index >= 15 is 0 Å². The molecule has 0 amide bonds. The van der Waals surface area contributed by atoms with Crippen molar-refractivity contribution in [3.8, 4) is 11.5 Å². The number of likely N-dealkylation sites (tertiary alicyclic amines) is 3. The first-order chi connectivity index (χ1) is 22.6. The number of piperidine rings is 3. The van der Waals surface area contributed by atoms with E-state index in [4.69, 9.17) is 26.1 Å². The van der Waals surface area contributed by atoms with E-state index in [0.29, 0.717) is 18.2 Å². The van der Waals surface area contributed by atoms with Crippen LogP contribution in [0.5, 0.6) is 11.5 Å². The van der Waals surface area contributed by atoms with Crippen molar-refractivity contribution in [3.05, 3.63) is 53.3 Å². The van der Waals surface area contributed by atoms with Gasteiger partial charge in [0.15, 0.2) is 0 Å². The van der Waals surface area contributed by atoms with Crippen LogP contribution in [0.1, 0.15) is 82.9 Å². The van der Waals surface area contributed by atoms with Gasteiger partial charge in [0, 0.05) is 24.2 Å². The van der Waals surface area contributed by atoms with Crippen LogP contribution in [0.2, 0.25) is 5.02 Å². The highest BCUT2D eigenvalue weighted by molar-refractivity contribution is 6.30. The van der Waals surface area contributed by atoms with Gasteiger partial charge >= 0.3 is 0 Å². The maximum absolute atomic E-state index is 6.48. The first kappa shape index (κ1) is 33.6. The highest BCUT2D eigenvalue weighted by Gasteiger charge is 2.23. The minimum atomic E-state index is 0.414. The van der Waals surface area contributed by atoms with Crippen LogP contribution >= 0.6 is 11.6 Å². The van der Waals surface area contributed by atoms with E-state index in [1.54, 1.807) is 0 Å². The van der Waals surface area contributed by atoms with Gasteiger partial charge in [0.2, 0.25) is 0 Å². The fraction of sp³-hybridized carbons (Fsp3) is 0.658. The molecule has 1 unspecified atom stereocenters. The Balaban J connectivity index is 1.07. The molecular formula is C38H56ClN5O2. The summed E-state index contributed by atoms with van der Waals surface area (Å²) in [6.07, 6.45) is 15.6. The first-order valence-corrected chi connectivity index (χ1v) is 18.6. The molecule has 8 heteroatoms. The molecule has 0 saturated carbocycles. The topological polar surface area (TPSA) is 46.0 Å². The van der Waals surface area contributed by atoms with Crippen LogP contribution in [0.25, 0.3) is 11.0 Å². The van der Waals surface area contributed by atoms with Crippen molar-refractivity contribution in [2.45, 2.75) is 96.2 Å². The van der Waals surface area contributed by atoms with Crippen molar-refractivity contribution in [2.75, 3.05) is 59.5 Å². The van der Waals surface area contributed by atoms with Gasteiger partial charge in [-0.25, -0.2) is 4.98 Å². The number of ether oxygens (including phenoxy) is 2. The summed E-state index contributed by atoms with van der Waals surface area (Å²) in [5.74, 6) is 3.47. The van der Waals surface area contributed by atoms with Crippen molar-refractivity contribution < 1.29 is 9.47 Å². The van der Waals surface area contributed by atoms with E-state index in [-0.39, 0.29) is 0 Å². The van der Waals surface area contributed by atoms with E-state index in [1.165, 1.54) is 103 Å². The number of aryl methyl sites for hydroxylation is 1. The van der Waals surface area contributed by atoms with Gasteiger partial charge in [-0.05, 0) is 153 Å². The number of nitrogens with zero attached hydrogens (tertiary/aromatic N) is 5. The van der Waals surface area contributed by atoms with Gasteiger partial charge in [-0.1, -0.05) is 30.5 Å². The molecule has 0 N–H and O–H groups in total. The summed E-state index contributed by atoms with van der Waals surface area (Å²) < 4.78 is 15.1. The Morgan fingerprint density at radius 3 is 2.41 bits per heavy atom. The molecule has 6 rings (SSSR count). The molecule has 7 nitrogen and oxygen atoms in total. The molecule has 3 aromatic rings. The Morgan fingerprint density at radius 2 is 1.59 bits per heavy atom. The Bertz CT molecular complexity index is 1330. The van der Waals surface area contributed by atoms with Crippen LogP contribution in [-0.2, 0) is 13.2 Å². The molecule has 3 saturated heterocycles. The molecule has 1 aromatic heterocycles. The second kappa shape index (κ2) is 17.2. The number of fused-ring (bicyclic) bond motifs is 1. The molecule has 3 aliphatic heterocycles. The number of hydrogen-bond acceptors (Lipinski definition) is 6. The third-order valence-electron chi connectivity index (χ3n) is 10.7. The minimum Gasteiger partial charge on any atom is -0.491 e. The zero-order chi connectivity index (χ0) is 31.6. The van der Waals surface area contributed by atoms with Crippen molar-refractivity contribution >= 4 is 22.6 Å². The summed E-state index contributed by atoms with van der Waals surface area (Å²) in [5, 5.41) is 0.712. The van der Waals surface area contributed by atoms with Crippen LogP contribution in [0.3, 0.4) is 0 Å². The number of benzene rings is 2. The lowest BCUT2D eigenvalue weighted by Gasteiger charge is -2.37. The predicted molar refractivity (Wildman–Crippen MR) is 189 cm³/mol. The molecular weight excluding hydrogens is 594 g/mol. The normalized spacial score (nSPS) is 20.8. The summed E-state index contributed by atoms with van der Waals surface area (Å²) >= 11 is 6.11. The lowest BCUT2D eigenvalue weighted by molar-refractivity contribution is 0.113. The number of para-hydroxylation sites is 1. The Hall–Kier alpha value is -2.32. The summed E-state index contributed by atoms with van der Waals surface area (Å²) in [4.78, 5) is 13.0. The number of rotatable bonds is 15. The Labute approximate surface area is 282 Å².